The number of para-hydroxylation sites is 1. The van der Waals surface area contributed by atoms with E-state index in [1.807, 2.05) is 78.9 Å². The molecule has 3 rings (SSSR count). The summed E-state index contributed by atoms with van der Waals surface area (Å²) in [5.74, 6) is 1.01. The van der Waals surface area contributed by atoms with E-state index in [2.05, 4.69) is 20.8 Å². The summed E-state index contributed by atoms with van der Waals surface area (Å²) in [5.41, 5.74) is 2.07. The van der Waals surface area contributed by atoms with Crippen molar-refractivity contribution < 1.29 is 19.4 Å². The molecule has 3 aromatic carbocycles. The smallest absolute Gasteiger partial charge is 0.345 e. The Morgan fingerprint density at radius 2 is 1.38 bits per heavy atom. The lowest BCUT2D eigenvalue weighted by Gasteiger charge is -2.20. The maximum atomic E-state index is 11.7. The highest BCUT2D eigenvalue weighted by atomic mass is 16.5. The zero-order valence-electron chi connectivity index (χ0n) is 17.0. The van der Waals surface area contributed by atoms with Crippen molar-refractivity contribution in [1.82, 2.24) is 0 Å². The lowest BCUT2D eigenvalue weighted by Crippen LogP contribution is -2.29. The summed E-state index contributed by atoms with van der Waals surface area (Å²) in [6.45, 7) is 6.40. The Kier molecular flexibility index (Phi) is 6.23. The van der Waals surface area contributed by atoms with Crippen LogP contribution in [0.3, 0.4) is 0 Å². The zero-order valence-corrected chi connectivity index (χ0v) is 17.0. The fraction of sp³-hybridized carbons (Fsp3) is 0.240. The normalized spacial score (nSPS) is 12.2. The van der Waals surface area contributed by atoms with Gasteiger partial charge in [-0.1, -0.05) is 63.2 Å². The fourth-order valence-corrected chi connectivity index (χ4v) is 2.91. The second-order valence-electron chi connectivity index (χ2n) is 7.98. The second-order valence-corrected chi connectivity index (χ2v) is 7.98. The van der Waals surface area contributed by atoms with E-state index < -0.39 is 12.1 Å². The van der Waals surface area contributed by atoms with Crippen LogP contribution in [0.4, 0.5) is 0 Å². The van der Waals surface area contributed by atoms with Crippen LogP contribution in [0, 0.1) is 0 Å². The molecule has 0 aromatic heterocycles. The topological polar surface area (TPSA) is 55.8 Å². The van der Waals surface area contributed by atoms with Gasteiger partial charge in [-0.3, -0.25) is 0 Å². The van der Waals surface area contributed by atoms with Crippen LogP contribution in [0.15, 0.2) is 78.9 Å². The summed E-state index contributed by atoms with van der Waals surface area (Å²) >= 11 is 0. The van der Waals surface area contributed by atoms with E-state index in [1.165, 1.54) is 5.56 Å². The van der Waals surface area contributed by atoms with Crippen LogP contribution in [-0.2, 0) is 16.6 Å². The highest BCUT2D eigenvalue weighted by Gasteiger charge is 2.21. The van der Waals surface area contributed by atoms with Gasteiger partial charge in [-0.2, -0.15) is 0 Å². The summed E-state index contributed by atoms with van der Waals surface area (Å²) in [6.07, 6.45) is -0.696. The van der Waals surface area contributed by atoms with Crippen LogP contribution in [-0.4, -0.2) is 17.2 Å². The number of carboxylic acid groups (broad SMARTS) is 1. The average Bonchev–Trinajstić information content (AvgIpc) is 2.69. The first-order chi connectivity index (χ1) is 13.8. The molecule has 0 aliphatic rings. The molecular formula is C25H26O4. The van der Waals surface area contributed by atoms with Crippen molar-refractivity contribution in [1.29, 1.82) is 0 Å². The monoisotopic (exact) mass is 390 g/mol. The summed E-state index contributed by atoms with van der Waals surface area (Å²) in [6, 6.07) is 24.5. The van der Waals surface area contributed by atoms with Gasteiger partial charge in [0.25, 0.3) is 0 Å². The van der Waals surface area contributed by atoms with Gasteiger partial charge < -0.3 is 14.6 Å². The summed E-state index contributed by atoms with van der Waals surface area (Å²) in [4.78, 5) is 11.7. The van der Waals surface area contributed by atoms with Gasteiger partial charge >= 0.3 is 5.97 Å². The SMILES string of the molecule is CC(C)(C)c1ccc(O[C@H](Cc2ccc(Oc3ccccc3)cc2)C(=O)O)cc1. The molecule has 150 valence electrons. The molecule has 4 nitrogen and oxygen atoms in total. The lowest BCUT2D eigenvalue weighted by molar-refractivity contribution is -0.145. The number of hydrogen-bond donors (Lipinski definition) is 1. The van der Waals surface area contributed by atoms with Crippen LogP contribution in [0.1, 0.15) is 31.9 Å². The van der Waals surface area contributed by atoms with Crippen molar-refractivity contribution in [3.63, 3.8) is 0 Å². The Hall–Kier alpha value is -3.27. The van der Waals surface area contributed by atoms with E-state index in [0.717, 1.165) is 11.3 Å². The molecule has 0 unspecified atom stereocenters. The molecule has 0 saturated carbocycles. The molecule has 0 amide bonds. The molecule has 0 aliphatic heterocycles. The molecule has 0 spiro atoms. The molecule has 0 saturated heterocycles. The number of rotatable bonds is 7. The first-order valence-corrected chi connectivity index (χ1v) is 9.63. The Morgan fingerprint density at radius 3 is 1.93 bits per heavy atom. The minimum Gasteiger partial charge on any atom is -0.478 e. The van der Waals surface area contributed by atoms with Crippen molar-refractivity contribution >= 4 is 5.97 Å². The van der Waals surface area contributed by atoms with E-state index in [4.69, 9.17) is 9.47 Å². The number of hydrogen-bond acceptors (Lipinski definition) is 3. The molecule has 0 fully saturated rings. The number of ether oxygens (including phenoxy) is 2. The van der Waals surface area contributed by atoms with Crippen LogP contribution >= 0.6 is 0 Å². The van der Waals surface area contributed by atoms with Crippen molar-refractivity contribution in [2.45, 2.75) is 38.7 Å². The zero-order chi connectivity index (χ0) is 20.9. The van der Waals surface area contributed by atoms with Gasteiger partial charge in [-0.15, -0.1) is 0 Å². The molecule has 0 radical (unpaired) electrons. The maximum Gasteiger partial charge on any atom is 0.345 e. The third-order valence-corrected chi connectivity index (χ3v) is 4.60. The first kappa shape index (κ1) is 20.5. The van der Waals surface area contributed by atoms with Crippen molar-refractivity contribution in [3.05, 3.63) is 90.0 Å². The van der Waals surface area contributed by atoms with Crippen LogP contribution in [0.2, 0.25) is 0 Å². The molecule has 1 N–H and O–H groups in total. The molecule has 0 heterocycles. The molecule has 3 aromatic rings. The van der Waals surface area contributed by atoms with Crippen LogP contribution < -0.4 is 9.47 Å². The molecule has 4 heteroatoms. The van der Waals surface area contributed by atoms with Crippen molar-refractivity contribution in [2.24, 2.45) is 0 Å². The molecule has 0 bridgehead atoms. The Bertz CT molecular complexity index is 923. The van der Waals surface area contributed by atoms with Gasteiger partial charge in [0, 0.05) is 6.42 Å². The number of benzene rings is 3. The van der Waals surface area contributed by atoms with Crippen molar-refractivity contribution in [2.75, 3.05) is 0 Å². The highest BCUT2D eigenvalue weighted by Crippen LogP contribution is 2.25. The second kappa shape index (κ2) is 8.82. The Balaban J connectivity index is 1.65. The van der Waals surface area contributed by atoms with E-state index in [0.29, 0.717) is 11.5 Å². The van der Waals surface area contributed by atoms with Gasteiger partial charge in [-0.25, -0.2) is 4.79 Å². The third kappa shape index (κ3) is 5.85. The predicted octanol–water partition coefficient (Wildman–Crippen LogP) is 5.85. The van der Waals surface area contributed by atoms with Gasteiger partial charge in [0.1, 0.15) is 17.2 Å². The first-order valence-electron chi connectivity index (χ1n) is 9.63. The van der Waals surface area contributed by atoms with Crippen molar-refractivity contribution in [3.8, 4) is 17.2 Å². The minimum atomic E-state index is -0.991. The van der Waals surface area contributed by atoms with E-state index >= 15 is 0 Å². The predicted molar refractivity (Wildman–Crippen MR) is 114 cm³/mol. The molecule has 29 heavy (non-hydrogen) atoms. The fourth-order valence-electron chi connectivity index (χ4n) is 2.91. The highest BCUT2D eigenvalue weighted by molar-refractivity contribution is 5.73. The molecular weight excluding hydrogens is 364 g/mol. The Labute approximate surface area is 171 Å². The maximum absolute atomic E-state index is 11.7. The average molecular weight is 390 g/mol. The van der Waals surface area contributed by atoms with E-state index in [9.17, 15) is 9.90 Å². The quantitative estimate of drug-likeness (QED) is 0.550. The van der Waals surface area contributed by atoms with Crippen LogP contribution in [0.25, 0.3) is 0 Å². The number of carboxylic acids is 1. The minimum absolute atomic E-state index is 0.0360. The van der Waals surface area contributed by atoms with Gasteiger partial charge in [0.05, 0.1) is 0 Å². The number of carbonyl (C=O) groups is 1. The van der Waals surface area contributed by atoms with Gasteiger partial charge in [-0.05, 0) is 52.9 Å². The summed E-state index contributed by atoms with van der Waals surface area (Å²) in [7, 11) is 0. The Morgan fingerprint density at radius 1 is 0.828 bits per heavy atom. The van der Waals surface area contributed by atoms with Crippen LogP contribution in [0.5, 0.6) is 17.2 Å². The number of aliphatic carboxylic acids is 1. The summed E-state index contributed by atoms with van der Waals surface area (Å²) in [5, 5.41) is 9.58. The van der Waals surface area contributed by atoms with Gasteiger partial charge in [0.15, 0.2) is 6.10 Å². The largest absolute Gasteiger partial charge is 0.478 e. The third-order valence-electron chi connectivity index (χ3n) is 4.60. The molecule has 1 atom stereocenters. The van der Waals surface area contributed by atoms with Gasteiger partial charge in [0.2, 0.25) is 0 Å². The summed E-state index contributed by atoms with van der Waals surface area (Å²) < 4.78 is 11.5. The lowest BCUT2D eigenvalue weighted by atomic mass is 9.87. The van der Waals surface area contributed by atoms with E-state index in [1.54, 1.807) is 0 Å². The molecule has 0 aliphatic carbocycles. The standard InChI is InChI=1S/C25H26O4/c1-25(2,3)19-11-15-22(16-12-19)29-23(24(26)27)17-18-9-13-21(14-10-18)28-20-7-5-4-6-8-20/h4-16,23H,17H2,1-3H3,(H,26,27)/t23-/m1/s1. The van der Waals surface area contributed by atoms with E-state index in [-0.39, 0.29) is 11.8 Å².